The zero-order chi connectivity index (χ0) is 25.4. The highest BCUT2D eigenvalue weighted by atomic mass is 32.1. The van der Waals surface area contributed by atoms with Crippen LogP contribution in [0, 0.1) is 12.8 Å². The van der Waals surface area contributed by atoms with Crippen LogP contribution in [0.5, 0.6) is 5.75 Å². The van der Waals surface area contributed by atoms with Gasteiger partial charge in [0, 0.05) is 11.8 Å². The number of carbonyl (C=O) groups excluding carboxylic acids is 2. The average Bonchev–Trinajstić information content (AvgIpc) is 3.31. The van der Waals surface area contributed by atoms with Crippen LogP contribution >= 0.6 is 11.3 Å². The maximum Gasteiger partial charge on any atom is 0.249 e. The quantitative estimate of drug-likeness (QED) is 0.350. The van der Waals surface area contributed by atoms with E-state index in [-0.39, 0.29) is 11.8 Å². The molecule has 7 nitrogen and oxygen atoms in total. The minimum absolute atomic E-state index is 0.240. The fourth-order valence-electron chi connectivity index (χ4n) is 3.49. The lowest BCUT2D eigenvalue weighted by atomic mass is 10.0. The minimum atomic E-state index is -1.16. The first-order valence-electron chi connectivity index (χ1n) is 11.8. The number of rotatable bonds is 11. The molecule has 1 aromatic heterocycles. The van der Waals surface area contributed by atoms with Crippen molar-refractivity contribution in [3.8, 4) is 16.2 Å². The van der Waals surface area contributed by atoms with E-state index in [9.17, 15) is 14.7 Å². The van der Waals surface area contributed by atoms with Gasteiger partial charge in [0.1, 0.15) is 24.5 Å². The van der Waals surface area contributed by atoms with Crippen molar-refractivity contribution in [1.29, 1.82) is 0 Å². The van der Waals surface area contributed by atoms with E-state index in [1.54, 1.807) is 20.0 Å². The molecule has 3 aromatic rings. The Hall–Kier alpha value is -3.23. The predicted molar refractivity (Wildman–Crippen MR) is 139 cm³/mol. The Balaban J connectivity index is 1.73. The third-order valence-electron chi connectivity index (χ3n) is 5.51. The molecule has 0 bridgehead atoms. The summed E-state index contributed by atoms with van der Waals surface area (Å²) < 4.78 is 5.95. The zero-order valence-corrected chi connectivity index (χ0v) is 21.4. The minimum Gasteiger partial charge on any atom is -0.489 e. The maximum absolute atomic E-state index is 12.9. The van der Waals surface area contributed by atoms with Gasteiger partial charge in [0.25, 0.3) is 0 Å². The standard InChI is InChI=1S/C27H33N3O4S/c1-5-9-22(29-26(33)24(31)17(2)3)25(32)30-27-28-15-23(35-27)21-14-18(4)12-13-19(21)16-34-20-10-7-6-8-11-20/h6-8,10-15,17,22,24,31H,5,9,16H2,1-4H3,(H,29,33)(H,28,30,32)/t22-,24-/m0/s1. The van der Waals surface area contributed by atoms with Gasteiger partial charge in [0.15, 0.2) is 5.13 Å². The van der Waals surface area contributed by atoms with Crippen LogP contribution in [0.15, 0.2) is 54.7 Å². The first-order chi connectivity index (χ1) is 16.8. The SMILES string of the molecule is CCC[C@H](NC(=O)[C@@H](O)C(C)C)C(=O)Nc1ncc(-c2cc(C)ccc2COc2ccccc2)s1. The van der Waals surface area contributed by atoms with Crippen molar-refractivity contribution in [1.82, 2.24) is 10.3 Å². The summed E-state index contributed by atoms with van der Waals surface area (Å²) in [5.74, 6) is -0.343. The summed E-state index contributed by atoms with van der Waals surface area (Å²) in [5, 5.41) is 15.9. The van der Waals surface area contributed by atoms with E-state index in [2.05, 4.69) is 21.7 Å². The molecule has 0 radical (unpaired) electrons. The Morgan fingerprint density at radius 1 is 1.11 bits per heavy atom. The highest BCUT2D eigenvalue weighted by molar-refractivity contribution is 7.19. The molecular formula is C27H33N3O4S. The van der Waals surface area contributed by atoms with E-state index in [1.165, 1.54) is 11.3 Å². The summed E-state index contributed by atoms with van der Waals surface area (Å²) in [7, 11) is 0. The van der Waals surface area contributed by atoms with Gasteiger partial charge in [-0.15, -0.1) is 0 Å². The number of aliphatic hydroxyl groups excluding tert-OH is 1. The van der Waals surface area contributed by atoms with E-state index in [1.807, 2.05) is 56.3 Å². The van der Waals surface area contributed by atoms with Gasteiger partial charge in [-0.05, 0) is 37.0 Å². The number of para-hydroxylation sites is 1. The number of aromatic nitrogens is 1. The second-order valence-electron chi connectivity index (χ2n) is 8.82. The van der Waals surface area contributed by atoms with Crippen molar-refractivity contribution in [2.75, 3.05) is 5.32 Å². The number of nitrogens with zero attached hydrogens (tertiary/aromatic N) is 1. The Morgan fingerprint density at radius 3 is 2.54 bits per heavy atom. The smallest absolute Gasteiger partial charge is 0.249 e. The molecule has 2 amide bonds. The number of amides is 2. The number of benzene rings is 2. The fraction of sp³-hybridized carbons (Fsp3) is 0.370. The van der Waals surface area contributed by atoms with Crippen molar-refractivity contribution in [2.24, 2.45) is 5.92 Å². The van der Waals surface area contributed by atoms with E-state index in [0.29, 0.717) is 24.6 Å². The molecule has 8 heteroatoms. The third-order valence-corrected chi connectivity index (χ3v) is 6.46. The van der Waals surface area contributed by atoms with Crippen LogP contribution in [-0.4, -0.2) is 34.1 Å². The van der Waals surface area contributed by atoms with E-state index in [0.717, 1.165) is 27.3 Å². The molecule has 0 aliphatic carbocycles. The zero-order valence-electron chi connectivity index (χ0n) is 20.6. The molecule has 0 aliphatic heterocycles. The van der Waals surface area contributed by atoms with Gasteiger partial charge < -0.3 is 20.5 Å². The van der Waals surface area contributed by atoms with Gasteiger partial charge in [0.2, 0.25) is 11.8 Å². The van der Waals surface area contributed by atoms with Crippen molar-refractivity contribution >= 4 is 28.3 Å². The van der Waals surface area contributed by atoms with Crippen LogP contribution in [0.3, 0.4) is 0 Å². The van der Waals surface area contributed by atoms with Crippen LogP contribution in [0.25, 0.3) is 10.4 Å². The van der Waals surface area contributed by atoms with E-state index < -0.39 is 18.1 Å². The summed E-state index contributed by atoms with van der Waals surface area (Å²) >= 11 is 1.36. The van der Waals surface area contributed by atoms with Gasteiger partial charge in [-0.3, -0.25) is 9.59 Å². The Bertz CT molecular complexity index is 1130. The lowest BCUT2D eigenvalue weighted by molar-refractivity contribution is -0.134. The summed E-state index contributed by atoms with van der Waals surface area (Å²) in [4.78, 5) is 30.5. The van der Waals surface area contributed by atoms with Crippen molar-refractivity contribution in [3.05, 3.63) is 65.9 Å². The van der Waals surface area contributed by atoms with Crippen LogP contribution in [0.1, 0.15) is 44.7 Å². The molecular weight excluding hydrogens is 462 g/mol. The Morgan fingerprint density at radius 2 is 1.86 bits per heavy atom. The highest BCUT2D eigenvalue weighted by Gasteiger charge is 2.26. The molecule has 3 rings (SSSR count). The molecule has 2 aromatic carbocycles. The highest BCUT2D eigenvalue weighted by Crippen LogP contribution is 2.33. The van der Waals surface area contributed by atoms with Crippen LogP contribution in [0.2, 0.25) is 0 Å². The molecule has 0 saturated heterocycles. The molecule has 2 atom stereocenters. The molecule has 3 N–H and O–H groups in total. The summed E-state index contributed by atoms with van der Waals surface area (Å²) in [6.45, 7) is 7.87. The lowest BCUT2D eigenvalue weighted by Gasteiger charge is -2.20. The molecule has 0 aliphatic rings. The molecule has 0 unspecified atom stereocenters. The molecule has 0 spiro atoms. The van der Waals surface area contributed by atoms with Gasteiger partial charge in [-0.1, -0.05) is 80.5 Å². The molecule has 186 valence electrons. The van der Waals surface area contributed by atoms with Gasteiger partial charge in [-0.25, -0.2) is 4.98 Å². The second-order valence-corrected chi connectivity index (χ2v) is 9.85. The Labute approximate surface area is 210 Å². The van der Waals surface area contributed by atoms with E-state index in [4.69, 9.17) is 4.74 Å². The number of aliphatic hydroxyl groups is 1. The molecule has 0 saturated carbocycles. The van der Waals surface area contributed by atoms with Crippen LogP contribution < -0.4 is 15.4 Å². The number of hydrogen-bond acceptors (Lipinski definition) is 6. The molecule has 35 heavy (non-hydrogen) atoms. The largest absolute Gasteiger partial charge is 0.489 e. The monoisotopic (exact) mass is 495 g/mol. The normalized spacial score (nSPS) is 12.7. The van der Waals surface area contributed by atoms with Gasteiger partial charge in [-0.2, -0.15) is 0 Å². The van der Waals surface area contributed by atoms with Crippen molar-refractivity contribution in [3.63, 3.8) is 0 Å². The number of nitrogens with one attached hydrogen (secondary N) is 2. The summed E-state index contributed by atoms with van der Waals surface area (Å²) in [6, 6.07) is 15.1. The number of thiazole rings is 1. The maximum atomic E-state index is 12.9. The number of ether oxygens (including phenoxy) is 1. The molecule has 1 heterocycles. The Kier molecular flexibility index (Phi) is 9.39. The number of hydrogen-bond donors (Lipinski definition) is 3. The van der Waals surface area contributed by atoms with Gasteiger partial charge >= 0.3 is 0 Å². The lowest BCUT2D eigenvalue weighted by Crippen LogP contribution is -2.48. The van der Waals surface area contributed by atoms with Crippen molar-refractivity contribution in [2.45, 2.75) is 59.3 Å². The van der Waals surface area contributed by atoms with Crippen LogP contribution in [-0.2, 0) is 16.2 Å². The molecule has 0 fully saturated rings. The summed E-state index contributed by atoms with van der Waals surface area (Å²) in [5.41, 5.74) is 3.12. The van der Waals surface area contributed by atoms with Gasteiger partial charge in [0.05, 0.1) is 4.88 Å². The number of carbonyl (C=O) groups is 2. The van der Waals surface area contributed by atoms with Crippen LogP contribution in [0.4, 0.5) is 5.13 Å². The van der Waals surface area contributed by atoms with E-state index >= 15 is 0 Å². The van der Waals surface area contributed by atoms with Crippen molar-refractivity contribution < 1.29 is 19.4 Å². The first-order valence-corrected chi connectivity index (χ1v) is 12.6. The topological polar surface area (TPSA) is 101 Å². The third kappa shape index (κ3) is 7.37. The summed E-state index contributed by atoms with van der Waals surface area (Å²) in [6.07, 6.45) is 1.73. The predicted octanol–water partition coefficient (Wildman–Crippen LogP) is 4.94. The first kappa shape index (κ1) is 26.4. The average molecular weight is 496 g/mol. The number of anilines is 1. The second kappa shape index (κ2) is 12.5. The fourth-order valence-corrected chi connectivity index (χ4v) is 4.36. The number of aryl methyl sites for hydroxylation is 1.